The molecule has 2 aromatic rings. The first-order valence-corrected chi connectivity index (χ1v) is 9.80. The van der Waals surface area contributed by atoms with Gasteiger partial charge in [0.05, 0.1) is 31.2 Å². The van der Waals surface area contributed by atoms with E-state index in [2.05, 4.69) is 37.4 Å². The number of rotatable bonds is 5. The van der Waals surface area contributed by atoms with Gasteiger partial charge in [0.15, 0.2) is 0 Å². The monoisotopic (exact) mass is 350 g/mol. The summed E-state index contributed by atoms with van der Waals surface area (Å²) in [6.07, 6.45) is 5.72. The second-order valence-electron chi connectivity index (χ2n) is 8.06. The lowest BCUT2D eigenvalue weighted by Crippen LogP contribution is -2.59. The van der Waals surface area contributed by atoms with E-state index in [1.807, 2.05) is 30.3 Å². The van der Waals surface area contributed by atoms with Crippen LogP contribution in [0.4, 0.5) is 0 Å². The molecule has 2 heterocycles. The Kier molecular flexibility index (Phi) is 4.82. The third-order valence-electron chi connectivity index (χ3n) is 6.58. The summed E-state index contributed by atoms with van der Waals surface area (Å²) in [5.41, 5.74) is 2.08. The van der Waals surface area contributed by atoms with Crippen molar-refractivity contribution in [1.29, 1.82) is 0 Å². The van der Waals surface area contributed by atoms with Crippen molar-refractivity contribution in [2.45, 2.75) is 50.3 Å². The van der Waals surface area contributed by atoms with Crippen molar-refractivity contribution in [1.82, 2.24) is 0 Å². The van der Waals surface area contributed by atoms with Crippen LogP contribution in [0.1, 0.15) is 41.6 Å². The fraction of sp³-hybridized carbons (Fsp3) is 0.435. The van der Waals surface area contributed by atoms with E-state index >= 15 is 0 Å². The van der Waals surface area contributed by atoms with Gasteiger partial charge in [0.1, 0.15) is 6.10 Å². The van der Waals surface area contributed by atoms with E-state index in [1.54, 1.807) is 0 Å². The second kappa shape index (κ2) is 7.24. The number of hydrogen-bond acceptors (Lipinski definition) is 2. The van der Waals surface area contributed by atoms with Gasteiger partial charge in [-0.1, -0.05) is 48.5 Å². The summed E-state index contributed by atoms with van der Waals surface area (Å²) < 4.78 is 7.01. The fourth-order valence-corrected chi connectivity index (χ4v) is 4.96. The van der Waals surface area contributed by atoms with E-state index in [-0.39, 0.29) is 12.1 Å². The Morgan fingerprint density at radius 1 is 0.962 bits per heavy atom. The zero-order chi connectivity index (χ0) is 18.0. The molecule has 0 aromatic heterocycles. The molecule has 136 valence electrons. The van der Waals surface area contributed by atoms with Gasteiger partial charge in [-0.15, -0.1) is 0 Å². The Hall–Kier alpha value is -2.13. The first kappa shape index (κ1) is 17.3. The molecule has 4 rings (SSSR count). The van der Waals surface area contributed by atoms with Crippen LogP contribution in [0.25, 0.3) is 0 Å². The lowest BCUT2D eigenvalue weighted by molar-refractivity contribution is -0.949. The standard InChI is InChI=1S/C23H28NO2/c1-24(15-14-18-8-4-2-5-9-18)20-12-13-21(24)17-22(16-20)26-23(25)19-10-6-3-7-11-19/h2-11,20-22H,12-17H2,1H3/q+1/t20-,21+,22?,24?. The van der Waals surface area contributed by atoms with E-state index in [0.29, 0.717) is 17.6 Å². The summed E-state index contributed by atoms with van der Waals surface area (Å²) >= 11 is 0. The maximum Gasteiger partial charge on any atom is 0.338 e. The van der Waals surface area contributed by atoms with Crippen molar-refractivity contribution in [2.75, 3.05) is 13.6 Å². The van der Waals surface area contributed by atoms with Crippen LogP contribution in [0.3, 0.4) is 0 Å². The van der Waals surface area contributed by atoms with Crippen molar-refractivity contribution >= 4 is 5.97 Å². The highest BCUT2D eigenvalue weighted by Crippen LogP contribution is 2.42. The zero-order valence-corrected chi connectivity index (χ0v) is 15.5. The van der Waals surface area contributed by atoms with Crippen LogP contribution in [-0.2, 0) is 11.2 Å². The largest absolute Gasteiger partial charge is 0.458 e. The Morgan fingerprint density at radius 3 is 2.15 bits per heavy atom. The number of fused-ring (bicyclic) bond motifs is 2. The van der Waals surface area contributed by atoms with E-state index < -0.39 is 0 Å². The smallest absolute Gasteiger partial charge is 0.338 e. The molecule has 2 fully saturated rings. The van der Waals surface area contributed by atoms with Gasteiger partial charge < -0.3 is 9.22 Å². The average molecular weight is 350 g/mol. The average Bonchev–Trinajstić information content (AvgIpc) is 2.85. The van der Waals surface area contributed by atoms with E-state index in [1.165, 1.54) is 24.9 Å². The molecule has 0 radical (unpaired) electrons. The minimum atomic E-state index is -0.171. The molecule has 2 bridgehead atoms. The molecule has 26 heavy (non-hydrogen) atoms. The number of ether oxygens (including phenoxy) is 1. The number of nitrogens with zero attached hydrogens (tertiary/aromatic N) is 1. The molecule has 2 unspecified atom stereocenters. The molecule has 2 saturated heterocycles. The summed E-state index contributed by atoms with van der Waals surface area (Å²) in [5, 5.41) is 0. The predicted octanol–water partition coefficient (Wildman–Crippen LogP) is 4.23. The molecule has 0 saturated carbocycles. The number of benzene rings is 2. The van der Waals surface area contributed by atoms with E-state index in [0.717, 1.165) is 23.7 Å². The van der Waals surface area contributed by atoms with Gasteiger partial charge in [-0.3, -0.25) is 0 Å². The number of esters is 1. The lowest BCUT2D eigenvalue weighted by atomic mass is 9.95. The molecule has 0 aliphatic carbocycles. The summed E-state index contributed by atoms with van der Waals surface area (Å²) in [5.74, 6) is -0.171. The predicted molar refractivity (Wildman–Crippen MR) is 103 cm³/mol. The molecule has 4 atom stereocenters. The Bertz CT molecular complexity index is 729. The maximum absolute atomic E-state index is 12.4. The highest BCUT2D eigenvalue weighted by atomic mass is 16.5. The van der Waals surface area contributed by atoms with Crippen LogP contribution in [0.2, 0.25) is 0 Å². The number of carbonyl (C=O) groups is 1. The van der Waals surface area contributed by atoms with Gasteiger partial charge in [0.2, 0.25) is 0 Å². The first-order chi connectivity index (χ1) is 12.6. The van der Waals surface area contributed by atoms with Gasteiger partial charge in [0.25, 0.3) is 0 Å². The van der Waals surface area contributed by atoms with Gasteiger partial charge >= 0.3 is 5.97 Å². The lowest BCUT2D eigenvalue weighted by Gasteiger charge is -2.47. The van der Waals surface area contributed by atoms with Gasteiger partial charge in [-0.2, -0.15) is 0 Å². The number of likely N-dealkylation sites (N-methyl/N-ethyl adjacent to an activating group) is 1. The van der Waals surface area contributed by atoms with Crippen LogP contribution in [-0.4, -0.2) is 42.2 Å². The van der Waals surface area contributed by atoms with Crippen molar-refractivity contribution in [3.8, 4) is 0 Å². The van der Waals surface area contributed by atoms with Gasteiger partial charge in [-0.05, 0) is 17.7 Å². The summed E-state index contributed by atoms with van der Waals surface area (Å²) in [6.45, 7) is 1.18. The van der Waals surface area contributed by atoms with Crippen LogP contribution in [0, 0.1) is 0 Å². The topological polar surface area (TPSA) is 26.3 Å². The Balaban J connectivity index is 1.38. The number of piperidine rings is 1. The normalized spacial score (nSPS) is 30.1. The van der Waals surface area contributed by atoms with Gasteiger partial charge in [0, 0.05) is 32.1 Å². The molecule has 3 nitrogen and oxygen atoms in total. The molecular weight excluding hydrogens is 322 g/mol. The van der Waals surface area contributed by atoms with Crippen molar-refractivity contribution in [2.24, 2.45) is 0 Å². The van der Waals surface area contributed by atoms with Crippen LogP contribution in [0.15, 0.2) is 60.7 Å². The third kappa shape index (κ3) is 3.41. The second-order valence-corrected chi connectivity index (χ2v) is 8.06. The Morgan fingerprint density at radius 2 is 1.54 bits per heavy atom. The highest BCUT2D eigenvalue weighted by molar-refractivity contribution is 5.89. The number of hydrogen-bond donors (Lipinski definition) is 0. The highest BCUT2D eigenvalue weighted by Gasteiger charge is 2.52. The minimum absolute atomic E-state index is 0.0723. The van der Waals surface area contributed by atoms with Crippen LogP contribution < -0.4 is 0 Å². The molecule has 2 aliphatic heterocycles. The molecule has 2 aromatic carbocycles. The van der Waals surface area contributed by atoms with E-state index in [4.69, 9.17) is 4.74 Å². The molecule has 0 N–H and O–H groups in total. The summed E-state index contributed by atoms with van der Waals surface area (Å²) in [6, 6.07) is 21.4. The molecule has 2 aliphatic rings. The third-order valence-corrected chi connectivity index (χ3v) is 6.58. The summed E-state index contributed by atoms with van der Waals surface area (Å²) in [4.78, 5) is 12.4. The molecule has 0 spiro atoms. The van der Waals surface area contributed by atoms with Crippen LogP contribution in [0.5, 0.6) is 0 Å². The molecule has 3 heteroatoms. The SMILES string of the molecule is C[N+]1(CCc2ccccc2)[C@@H]2CC[C@H]1CC(OC(=O)c1ccccc1)C2. The number of carbonyl (C=O) groups excluding carboxylic acids is 1. The molecule has 0 amide bonds. The van der Waals surface area contributed by atoms with E-state index in [9.17, 15) is 4.79 Å². The van der Waals surface area contributed by atoms with Crippen LogP contribution >= 0.6 is 0 Å². The zero-order valence-electron chi connectivity index (χ0n) is 15.5. The van der Waals surface area contributed by atoms with Crippen molar-refractivity contribution < 1.29 is 14.0 Å². The number of quaternary nitrogens is 1. The fourth-order valence-electron chi connectivity index (χ4n) is 4.96. The quantitative estimate of drug-likeness (QED) is 0.596. The minimum Gasteiger partial charge on any atom is -0.458 e. The van der Waals surface area contributed by atoms with Crippen molar-refractivity contribution in [3.05, 3.63) is 71.8 Å². The molecular formula is C23H28NO2+. The van der Waals surface area contributed by atoms with Crippen molar-refractivity contribution in [3.63, 3.8) is 0 Å². The first-order valence-electron chi connectivity index (χ1n) is 9.80. The van der Waals surface area contributed by atoms with Gasteiger partial charge in [-0.25, -0.2) is 4.79 Å². The summed E-state index contributed by atoms with van der Waals surface area (Å²) in [7, 11) is 2.42. The Labute approximate surface area is 156 Å². The maximum atomic E-state index is 12.4.